The number of benzene rings is 2. The molecule has 8 heteroatoms. The molecule has 2 rings (SSSR count). The summed E-state index contributed by atoms with van der Waals surface area (Å²) < 4.78 is 27.9. The molecule has 2 unspecified atom stereocenters. The Kier molecular flexibility index (Phi) is 8.92. The maximum Gasteiger partial charge on any atom is 0.251 e. The number of carbonyl (C=O) groups excluding carboxylic acids is 1. The quantitative estimate of drug-likeness (QED) is 0.622. The zero-order valence-electron chi connectivity index (χ0n) is 15.6. The number of rotatable bonds is 8. The summed E-state index contributed by atoms with van der Waals surface area (Å²) in [5.41, 5.74) is 1.18. The van der Waals surface area contributed by atoms with Gasteiger partial charge in [-0.1, -0.05) is 36.4 Å². The van der Waals surface area contributed by atoms with Crippen molar-refractivity contribution in [3.63, 3.8) is 0 Å². The van der Waals surface area contributed by atoms with Gasteiger partial charge in [0.15, 0.2) is 0 Å². The Bertz CT molecular complexity index is 844. The predicted octanol–water partition coefficient (Wildman–Crippen LogP) is 2.49. The second-order valence-electron chi connectivity index (χ2n) is 6.18. The summed E-state index contributed by atoms with van der Waals surface area (Å²) in [6, 6.07) is 15.1. The molecule has 0 aliphatic heterocycles. The van der Waals surface area contributed by atoms with Crippen LogP contribution in [0.4, 0.5) is 0 Å². The number of likely N-dealkylation sites (N-methyl/N-ethyl adjacent to an activating group) is 1. The Hall–Kier alpha value is -1.93. The SMILES string of the molecule is CNC(C)CNC(=O)c1cccc(S(=O)(=O)NC(C)c2ccccc2)c1.Cl. The third-order valence-corrected chi connectivity index (χ3v) is 5.64. The van der Waals surface area contributed by atoms with Crippen molar-refractivity contribution < 1.29 is 13.2 Å². The van der Waals surface area contributed by atoms with E-state index in [1.54, 1.807) is 19.1 Å². The lowest BCUT2D eigenvalue weighted by Crippen LogP contribution is -2.37. The maximum atomic E-state index is 12.7. The first kappa shape index (κ1) is 23.1. The van der Waals surface area contributed by atoms with E-state index in [4.69, 9.17) is 0 Å². The molecule has 3 N–H and O–H groups in total. The number of halogens is 1. The highest BCUT2D eigenvalue weighted by molar-refractivity contribution is 7.89. The smallest absolute Gasteiger partial charge is 0.251 e. The van der Waals surface area contributed by atoms with Crippen LogP contribution < -0.4 is 15.4 Å². The first-order valence-electron chi connectivity index (χ1n) is 8.46. The third kappa shape index (κ3) is 6.62. The van der Waals surface area contributed by atoms with Crippen LogP contribution in [-0.4, -0.2) is 34.0 Å². The molecule has 6 nitrogen and oxygen atoms in total. The number of sulfonamides is 1. The van der Waals surface area contributed by atoms with Gasteiger partial charge in [-0.2, -0.15) is 0 Å². The molecule has 27 heavy (non-hydrogen) atoms. The highest BCUT2D eigenvalue weighted by atomic mass is 35.5. The van der Waals surface area contributed by atoms with Gasteiger partial charge in [-0.05, 0) is 44.7 Å². The molecule has 0 fully saturated rings. The molecule has 0 spiro atoms. The summed E-state index contributed by atoms with van der Waals surface area (Å²) in [6.07, 6.45) is 0. The van der Waals surface area contributed by atoms with Gasteiger partial charge in [-0.25, -0.2) is 13.1 Å². The van der Waals surface area contributed by atoms with E-state index in [2.05, 4.69) is 15.4 Å². The van der Waals surface area contributed by atoms with Crippen molar-refractivity contribution in [2.45, 2.75) is 30.8 Å². The van der Waals surface area contributed by atoms with Crippen LogP contribution in [0, 0.1) is 0 Å². The molecule has 0 saturated heterocycles. The zero-order chi connectivity index (χ0) is 19.2. The fourth-order valence-electron chi connectivity index (χ4n) is 2.36. The Morgan fingerprint density at radius 1 is 1.04 bits per heavy atom. The van der Waals surface area contributed by atoms with Gasteiger partial charge in [-0.15, -0.1) is 12.4 Å². The van der Waals surface area contributed by atoms with E-state index < -0.39 is 10.0 Å². The van der Waals surface area contributed by atoms with Gasteiger partial charge in [0.05, 0.1) is 4.90 Å². The van der Waals surface area contributed by atoms with Crippen LogP contribution in [0.25, 0.3) is 0 Å². The van der Waals surface area contributed by atoms with Crippen LogP contribution in [0.2, 0.25) is 0 Å². The molecule has 148 valence electrons. The normalized spacial score (nSPS) is 13.3. The molecule has 0 radical (unpaired) electrons. The van der Waals surface area contributed by atoms with Crippen LogP contribution in [-0.2, 0) is 10.0 Å². The van der Waals surface area contributed by atoms with Crippen molar-refractivity contribution in [2.75, 3.05) is 13.6 Å². The van der Waals surface area contributed by atoms with E-state index >= 15 is 0 Å². The number of carbonyl (C=O) groups is 1. The monoisotopic (exact) mass is 411 g/mol. The Morgan fingerprint density at radius 3 is 2.33 bits per heavy atom. The van der Waals surface area contributed by atoms with Crippen molar-refractivity contribution in [1.82, 2.24) is 15.4 Å². The molecule has 2 aromatic rings. The molecule has 0 heterocycles. The van der Waals surface area contributed by atoms with Crippen molar-refractivity contribution in [1.29, 1.82) is 0 Å². The second kappa shape index (κ2) is 10.4. The summed E-state index contributed by atoms with van der Waals surface area (Å²) in [6.45, 7) is 4.17. The Balaban J connectivity index is 0.00000364. The minimum absolute atomic E-state index is 0. The fraction of sp³-hybridized carbons (Fsp3) is 0.316. The lowest BCUT2D eigenvalue weighted by atomic mass is 10.1. The lowest BCUT2D eigenvalue weighted by molar-refractivity contribution is 0.0950. The minimum atomic E-state index is -3.74. The van der Waals surface area contributed by atoms with Crippen molar-refractivity contribution in [3.05, 3.63) is 65.7 Å². The molecular formula is C19H26ClN3O3S. The van der Waals surface area contributed by atoms with E-state index in [0.29, 0.717) is 12.1 Å². The predicted molar refractivity (Wildman–Crippen MR) is 110 cm³/mol. The number of nitrogens with one attached hydrogen (secondary N) is 3. The summed E-state index contributed by atoms with van der Waals surface area (Å²) in [5, 5.41) is 5.80. The molecule has 0 aliphatic rings. The average molecular weight is 412 g/mol. The van der Waals surface area contributed by atoms with Crippen LogP contribution in [0.1, 0.15) is 35.8 Å². The summed E-state index contributed by atoms with van der Waals surface area (Å²) in [5.74, 6) is -0.305. The van der Waals surface area contributed by atoms with Crippen molar-refractivity contribution in [2.24, 2.45) is 0 Å². The van der Waals surface area contributed by atoms with Gasteiger partial charge in [0.2, 0.25) is 10.0 Å². The van der Waals surface area contributed by atoms with Crippen LogP contribution in [0.3, 0.4) is 0 Å². The topological polar surface area (TPSA) is 87.3 Å². The lowest BCUT2D eigenvalue weighted by Gasteiger charge is -2.15. The number of amides is 1. The zero-order valence-corrected chi connectivity index (χ0v) is 17.2. The molecular weight excluding hydrogens is 386 g/mol. The maximum absolute atomic E-state index is 12.7. The van der Waals surface area contributed by atoms with Gasteiger partial charge in [-0.3, -0.25) is 4.79 Å². The molecule has 2 aromatic carbocycles. The highest BCUT2D eigenvalue weighted by Gasteiger charge is 2.19. The largest absolute Gasteiger partial charge is 0.350 e. The second-order valence-corrected chi connectivity index (χ2v) is 7.90. The molecule has 0 bridgehead atoms. The number of hydrogen-bond acceptors (Lipinski definition) is 4. The average Bonchev–Trinajstić information content (AvgIpc) is 2.66. The first-order valence-corrected chi connectivity index (χ1v) is 9.94. The summed E-state index contributed by atoms with van der Waals surface area (Å²) in [4.78, 5) is 12.3. The first-order chi connectivity index (χ1) is 12.3. The van der Waals surface area contributed by atoms with E-state index in [1.807, 2.05) is 44.3 Å². The van der Waals surface area contributed by atoms with Gasteiger partial charge in [0.1, 0.15) is 0 Å². The fourth-order valence-corrected chi connectivity index (χ4v) is 3.64. The van der Waals surface area contributed by atoms with E-state index in [-0.39, 0.29) is 35.3 Å². The van der Waals surface area contributed by atoms with Crippen LogP contribution >= 0.6 is 12.4 Å². The molecule has 1 amide bonds. The van der Waals surface area contributed by atoms with Crippen LogP contribution in [0.15, 0.2) is 59.5 Å². The van der Waals surface area contributed by atoms with Crippen LogP contribution in [0.5, 0.6) is 0 Å². The van der Waals surface area contributed by atoms with Gasteiger partial charge >= 0.3 is 0 Å². The van der Waals surface area contributed by atoms with Gasteiger partial charge in [0.25, 0.3) is 5.91 Å². The number of hydrogen-bond donors (Lipinski definition) is 3. The molecule has 0 saturated carbocycles. The standard InChI is InChI=1S/C19H25N3O3S.ClH/c1-14(20-3)13-21-19(23)17-10-7-11-18(12-17)26(24,25)22-15(2)16-8-5-4-6-9-16;/h4-12,14-15,20,22H,13H2,1-3H3,(H,21,23);1H. The van der Waals surface area contributed by atoms with E-state index in [1.165, 1.54) is 12.1 Å². The summed E-state index contributed by atoms with van der Waals surface area (Å²) >= 11 is 0. The Labute approximate surface area is 167 Å². The highest BCUT2D eigenvalue weighted by Crippen LogP contribution is 2.17. The third-order valence-electron chi connectivity index (χ3n) is 4.10. The van der Waals surface area contributed by atoms with Crippen molar-refractivity contribution in [3.8, 4) is 0 Å². The van der Waals surface area contributed by atoms with Gasteiger partial charge < -0.3 is 10.6 Å². The molecule has 0 aliphatic carbocycles. The van der Waals surface area contributed by atoms with E-state index in [9.17, 15) is 13.2 Å². The molecule has 0 aromatic heterocycles. The van der Waals surface area contributed by atoms with Crippen molar-refractivity contribution >= 4 is 28.3 Å². The van der Waals surface area contributed by atoms with Gasteiger partial charge in [0, 0.05) is 24.2 Å². The minimum Gasteiger partial charge on any atom is -0.350 e. The van der Waals surface area contributed by atoms with E-state index in [0.717, 1.165) is 5.56 Å². The summed E-state index contributed by atoms with van der Waals surface area (Å²) in [7, 11) is -1.93. The Morgan fingerprint density at radius 2 is 1.70 bits per heavy atom. The molecule has 2 atom stereocenters.